The lowest BCUT2D eigenvalue weighted by molar-refractivity contribution is -0.118. The topological polar surface area (TPSA) is 92.7 Å². The van der Waals surface area contributed by atoms with Crippen molar-refractivity contribution in [3.63, 3.8) is 0 Å². The maximum atomic E-state index is 11.2. The molecular formula is C8H15NO5S. The van der Waals surface area contributed by atoms with Crippen LogP contribution in [0.4, 0.5) is 0 Å². The summed E-state index contributed by atoms with van der Waals surface area (Å²) in [6.45, 7) is 4.91. The molecule has 1 amide bonds. The molecule has 0 bridgehead atoms. The van der Waals surface area contributed by atoms with E-state index in [1.165, 1.54) is 0 Å². The molecule has 0 radical (unpaired) electrons. The summed E-state index contributed by atoms with van der Waals surface area (Å²) in [5.74, 6) is -0.480. The molecule has 0 saturated carbocycles. The van der Waals surface area contributed by atoms with Crippen LogP contribution in [0.5, 0.6) is 0 Å². The maximum Gasteiger partial charge on any atom is 0.399 e. The Kier molecular flexibility index (Phi) is 6.14. The quantitative estimate of drug-likeness (QED) is 0.385. The summed E-state index contributed by atoms with van der Waals surface area (Å²) in [5.41, 5.74) is 0.357. The van der Waals surface area contributed by atoms with E-state index in [0.717, 1.165) is 12.8 Å². The highest BCUT2D eigenvalue weighted by atomic mass is 32.3. The Morgan fingerprint density at radius 3 is 2.60 bits per heavy atom. The molecular weight excluding hydrogens is 222 g/mol. The Balaban J connectivity index is 3.79. The second-order valence-electron chi connectivity index (χ2n) is 2.90. The fourth-order valence-corrected chi connectivity index (χ4v) is 1.01. The van der Waals surface area contributed by atoms with Gasteiger partial charge in [0.15, 0.2) is 0 Å². The van der Waals surface area contributed by atoms with Crippen LogP contribution < -0.4 is 5.32 Å². The lowest BCUT2D eigenvalue weighted by Gasteiger charge is -2.05. The minimum absolute atomic E-state index is 0.357. The van der Waals surface area contributed by atoms with E-state index >= 15 is 0 Å². The third-order valence-electron chi connectivity index (χ3n) is 1.59. The van der Waals surface area contributed by atoms with Crippen molar-refractivity contribution < 1.29 is 21.9 Å². The zero-order chi connectivity index (χ0) is 11.9. The van der Waals surface area contributed by atoms with Gasteiger partial charge in [0.05, 0.1) is 0 Å². The van der Waals surface area contributed by atoms with Gasteiger partial charge in [-0.25, -0.2) is 4.18 Å². The second kappa shape index (κ2) is 6.54. The van der Waals surface area contributed by atoms with Crippen molar-refractivity contribution in [2.75, 3.05) is 6.73 Å². The van der Waals surface area contributed by atoms with Crippen LogP contribution in [0.1, 0.15) is 26.2 Å². The summed E-state index contributed by atoms with van der Waals surface area (Å²) in [7, 11) is -4.51. The number of hydrogen-bond acceptors (Lipinski definition) is 4. The van der Waals surface area contributed by atoms with Crippen molar-refractivity contribution in [1.29, 1.82) is 0 Å². The number of unbranched alkanes of at least 4 members (excludes halogenated alkanes) is 1. The Labute approximate surface area is 89.3 Å². The fourth-order valence-electron chi connectivity index (χ4n) is 0.798. The number of rotatable bonds is 7. The summed E-state index contributed by atoms with van der Waals surface area (Å²) >= 11 is 0. The first-order chi connectivity index (χ1) is 6.87. The van der Waals surface area contributed by atoms with E-state index in [-0.39, 0.29) is 0 Å². The molecule has 0 aliphatic rings. The zero-order valence-corrected chi connectivity index (χ0v) is 9.34. The van der Waals surface area contributed by atoms with Gasteiger partial charge in [0.25, 0.3) is 0 Å². The van der Waals surface area contributed by atoms with Crippen LogP contribution in [0.15, 0.2) is 12.2 Å². The van der Waals surface area contributed by atoms with Gasteiger partial charge < -0.3 is 5.32 Å². The zero-order valence-electron chi connectivity index (χ0n) is 8.52. The van der Waals surface area contributed by atoms with E-state index in [4.69, 9.17) is 4.55 Å². The molecule has 0 heterocycles. The van der Waals surface area contributed by atoms with Gasteiger partial charge in [-0.2, -0.15) is 8.42 Å². The van der Waals surface area contributed by atoms with Crippen LogP contribution in [-0.4, -0.2) is 25.6 Å². The third kappa shape index (κ3) is 8.10. The summed E-state index contributed by atoms with van der Waals surface area (Å²) in [6.07, 6.45) is 2.33. The summed E-state index contributed by atoms with van der Waals surface area (Å²) in [4.78, 5) is 11.2. The lowest BCUT2D eigenvalue weighted by Crippen LogP contribution is -2.28. The number of hydrogen-bond donors (Lipinski definition) is 2. The Morgan fingerprint density at radius 2 is 2.13 bits per heavy atom. The molecule has 0 aromatic rings. The van der Waals surface area contributed by atoms with Gasteiger partial charge in [-0.05, 0) is 12.8 Å². The van der Waals surface area contributed by atoms with Gasteiger partial charge in [-0.1, -0.05) is 19.9 Å². The first kappa shape index (κ1) is 14.1. The molecule has 0 unspecified atom stereocenters. The van der Waals surface area contributed by atoms with Crippen LogP contribution in [0.3, 0.4) is 0 Å². The Morgan fingerprint density at radius 1 is 1.53 bits per heavy atom. The molecule has 0 aliphatic heterocycles. The summed E-state index contributed by atoms with van der Waals surface area (Å²) in [5, 5.41) is 2.15. The predicted octanol–water partition coefficient (Wildman–Crippen LogP) is 0.626. The van der Waals surface area contributed by atoms with E-state index in [9.17, 15) is 13.2 Å². The van der Waals surface area contributed by atoms with Gasteiger partial charge in [0.1, 0.15) is 6.73 Å². The first-order valence-electron chi connectivity index (χ1n) is 4.44. The highest BCUT2D eigenvalue weighted by molar-refractivity contribution is 7.80. The smallest absolute Gasteiger partial charge is 0.328 e. The van der Waals surface area contributed by atoms with E-state index in [1.54, 1.807) is 0 Å². The van der Waals surface area contributed by atoms with Gasteiger partial charge in [-0.15, -0.1) is 0 Å². The van der Waals surface area contributed by atoms with Crippen molar-refractivity contribution in [1.82, 2.24) is 5.32 Å². The van der Waals surface area contributed by atoms with Crippen molar-refractivity contribution in [2.24, 2.45) is 0 Å². The van der Waals surface area contributed by atoms with Gasteiger partial charge in [0.2, 0.25) is 5.91 Å². The van der Waals surface area contributed by atoms with Crippen molar-refractivity contribution in [3.8, 4) is 0 Å². The minimum atomic E-state index is -4.51. The van der Waals surface area contributed by atoms with Crippen molar-refractivity contribution in [2.45, 2.75) is 26.2 Å². The van der Waals surface area contributed by atoms with Gasteiger partial charge in [-0.3, -0.25) is 9.35 Å². The molecule has 7 heteroatoms. The average Bonchev–Trinajstić information content (AvgIpc) is 2.11. The highest BCUT2D eigenvalue weighted by Gasteiger charge is 2.08. The van der Waals surface area contributed by atoms with Crippen LogP contribution in [0.2, 0.25) is 0 Å². The highest BCUT2D eigenvalue weighted by Crippen LogP contribution is 2.04. The van der Waals surface area contributed by atoms with Gasteiger partial charge >= 0.3 is 10.4 Å². The van der Waals surface area contributed by atoms with E-state index in [1.807, 2.05) is 6.92 Å². The van der Waals surface area contributed by atoms with Crippen LogP contribution >= 0.6 is 0 Å². The van der Waals surface area contributed by atoms with Crippen LogP contribution in [-0.2, 0) is 19.4 Å². The number of carbonyl (C=O) groups is 1. The first-order valence-corrected chi connectivity index (χ1v) is 5.81. The SMILES string of the molecule is C=C(CCCC)C(=O)NCOS(=O)(=O)O. The minimum Gasteiger partial charge on any atom is -0.328 e. The van der Waals surface area contributed by atoms with E-state index in [2.05, 4.69) is 16.1 Å². The normalized spacial score (nSPS) is 11.1. The molecule has 0 saturated heterocycles. The number of amides is 1. The monoisotopic (exact) mass is 237 g/mol. The predicted molar refractivity (Wildman–Crippen MR) is 54.3 cm³/mol. The van der Waals surface area contributed by atoms with Crippen molar-refractivity contribution >= 4 is 16.3 Å². The molecule has 0 spiro atoms. The van der Waals surface area contributed by atoms with Crippen LogP contribution in [0.25, 0.3) is 0 Å². The Bertz CT molecular complexity index is 322. The standard InChI is InChI=1S/C8H15NO5S/c1-3-4-5-7(2)8(10)9-6-14-15(11,12)13/h2-6H2,1H3,(H,9,10)(H,11,12,13). The van der Waals surface area contributed by atoms with Crippen LogP contribution in [0, 0.1) is 0 Å². The third-order valence-corrected chi connectivity index (χ3v) is 2.01. The second-order valence-corrected chi connectivity index (χ2v) is 3.99. The van der Waals surface area contributed by atoms with E-state index < -0.39 is 23.0 Å². The Hall–Kier alpha value is -0.920. The number of nitrogens with one attached hydrogen (secondary N) is 1. The average molecular weight is 237 g/mol. The molecule has 6 nitrogen and oxygen atoms in total. The molecule has 0 aromatic carbocycles. The number of carbonyl (C=O) groups excluding carboxylic acids is 1. The fraction of sp³-hybridized carbons (Fsp3) is 0.625. The largest absolute Gasteiger partial charge is 0.399 e. The summed E-state index contributed by atoms with van der Waals surface area (Å²) < 4.78 is 32.3. The maximum absolute atomic E-state index is 11.2. The molecule has 2 N–H and O–H groups in total. The lowest BCUT2D eigenvalue weighted by atomic mass is 10.1. The van der Waals surface area contributed by atoms with Gasteiger partial charge in [0, 0.05) is 5.57 Å². The van der Waals surface area contributed by atoms with Crippen molar-refractivity contribution in [3.05, 3.63) is 12.2 Å². The van der Waals surface area contributed by atoms with E-state index in [0.29, 0.717) is 12.0 Å². The molecule has 0 rings (SSSR count). The molecule has 0 aliphatic carbocycles. The molecule has 88 valence electrons. The molecule has 0 aromatic heterocycles. The summed E-state index contributed by atoms with van der Waals surface area (Å²) in [6, 6.07) is 0. The molecule has 0 atom stereocenters. The molecule has 0 fully saturated rings. The molecule has 15 heavy (non-hydrogen) atoms.